The molecule has 3 aromatic carbocycles. The van der Waals surface area contributed by atoms with Crippen molar-refractivity contribution in [3.8, 4) is 0 Å². The van der Waals surface area contributed by atoms with Gasteiger partial charge in [-0.3, -0.25) is 9.59 Å². The number of nitrogens with zero attached hydrogens (tertiary/aromatic N) is 1. The molecule has 1 atom stereocenters. The molecule has 0 saturated carbocycles. The van der Waals surface area contributed by atoms with Crippen molar-refractivity contribution in [2.45, 2.75) is 6.42 Å². The van der Waals surface area contributed by atoms with Gasteiger partial charge in [0.1, 0.15) is 5.92 Å². The molecule has 0 fully saturated rings. The van der Waals surface area contributed by atoms with Crippen LogP contribution >= 0.6 is 0 Å². The second-order valence-corrected chi connectivity index (χ2v) is 8.76. The van der Waals surface area contributed by atoms with Crippen LogP contribution in [0.2, 0.25) is 0 Å². The Kier molecular flexibility index (Phi) is 7.22. The standard InChI is InChI=1S/C25H24N2O4S/c1-3-10-22(24(28)26-32(30,31)18-17-19-11-5-4-6-12-19)25(29)27(2)23-16-9-14-20-13-7-8-15-21(20)23/h3-9,11-18,22H,1,10H2,2H3,(H,26,28)/b18-17+. The van der Waals surface area contributed by atoms with Crippen LogP contribution < -0.4 is 9.62 Å². The molecule has 6 nitrogen and oxygen atoms in total. The van der Waals surface area contributed by atoms with Gasteiger partial charge in [0.2, 0.25) is 11.8 Å². The van der Waals surface area contributed by atoms with Gasteiger partial charge in [-0.2, -0.15) is 0 Å². The highest BCUT2D eigenvalue weighted by Crippen LogP contribution is 2.27. The van der Waals surface area contributed by atoms with Crippen LogP contribution in [0.5, 0.6) is 0 Å². The summed E-state index contributed by atoms with van der Waals surface area (Å²) in [6, 6.07) is 21.9. The van der Waals surface area contributed by atoms with Gasteiger partial charge in [-0.05, 0) is 29.5 Å². The van der Waals surface area contributed by atoms with Gasteiger partial charge in [0.15, 0.2) is 0 Å². The topological polar surface area (TPSA) is 83.5 Å². The van der Waals surface area contributed by atoms with Gasteiger partial charge >= 0.3 is 0 Å². The lowest BCUT2D eigenvalue weighted by Crippen LogP contribution is -2.43. The number of hydrogen-bond acceptors (Lipinski definition) is 4. The summed E-state index contributed by atoms with van der Waals surface area (Å²) in [6.07, 6.45) is 2.80. The highest BCUT2D eigenvalue weighted by molar-refractivity contribution is 7.93. The van der Waals surface area contributed by atoms with Crippen LogP contribution in [0.1, 0.15) is 12.0 Å². The Balaban J connectivity index is 1.81. The third-order valence-corrected chi connectivity index (χ3v) is 5.94. The van der Waals surface area contributed by atoms with E-state index in [4.69, 9.17) is 0 Å². The molecule has 0 bridgehead atoms. The molecule has 0 radical (unpaired) electrons. The summed E-state index contributed by atoms with van der Waals surface area (Å²) < 4.78 is 26.8. The molecule has 2 amide bonds. The smallest absolute Gasteiger partial charge is 0.257 e. The molecule has 0 spiro atoms. The van der Waals surface area contributed by atoms with Crippen molar-refractivity contribution in [3.05, 3.63) is 96.4 Å². The lowest BCUT2D eigenvalue weighted by atomic mass is 10.0. The molecule has 164 valence electrons. The summed E-state index contributed by atoms with van der Waals surface area (Å²) in [5, 5.41) is 2.70. The Morgan fingerprint density at radius 1 is 1.00 bits per heavy atom. The highest BCUT2D eigenvalue weighted by Gasteiger charge is 2.31. The normalized spacial score (nSPS) is 12.4. The van der Waals surface area contributed by atoms with Gasteiger partial charge in [0, 0.05) is 12.4 Å². The zero-order valence-corrected chi connectivity index (χ0v) is 18.5. The molecule has 1 N–H and O–H groups in total. The molecule has 7 heteroatoms. The predicted octanol–water partition coefficient (Wildman–Crippen LogP) is 4.11. The lowest BCUT2D eigenvalue weighted by molar-refractivity contribution is -0.132. The SMILES string of the molecule is C=CCC(C(=O)NS(=O)(=O)/C=C/c1ccccc1)C(=O)N(C)c1cccc2ccccc12. The summed E-state index contributed by atoms with van der Waals surface area (Å²) >= 11 is 0. The zero-order valence-electron chi connectivity index (χ0n) is 17.6. The molecule has 1 unspecified atom stereocenters. The average molecular weight is 449 g/mol. The van der Waals surface area contributed by atoms with E-state index >= 15 is 0 Å². The third kappa shape index (κ3) is 5.50. The summed E-state index contributed by atoms with van der Waals surface area (Å²) in [7, 11) is -2.52. The molecule has 3 rings (SSSR count). The Labute approximate surface area is 187 Å². The van der Waals surface area contributed by atoms with Gasteiger partial charge in [-0.25, -0.2) is 13.1 Å². The molecule has 0 aromatic heterocycles. The molecular weight excluding hydrogens is 424 g/mol. The fourth-order valence-corrected chi connectivity index (χ4v) is 4.14. The van der Waals surface area contributed by atoms with Crippen molar-refractivity contribution >= 4 is 44.4 Å². The quantitative estimate of drug-likeness (QED) is 0.415. The maximum Gasteiger partial charge on any atom is 0.257 e. The number of carbonyl (C=O) groups excluding carboxylic acids is 2. The van der Waals surface area contributed by atoms with Gasteiger partial charge in [-0.15, -0.1) is 6.58 Å². The molecule has 0 aliphatic carbocycles. The number of rotatable bonds is 8. The molecule has 0 aliphatic heterocycles. The maximum atomic E-state index is 13.2. The van der Waals surface area contributed by atoms with Crippen LogP contribution in [0.4, 0.5) is 5.69 Å². The van der Waals surface area contributed by atoms with Crippen molar-refractivity contribution in [2.75, 3.05) is 11.9 Å². The molecule has 32 heavy (non-hydrogen) atoms. The largest absolute Gasteiger partial charge is 0.314 e. The van der Waals surface area contributed by atoms with Crippen molar-refractivity contribution in [1.82, 2.24) is 4.72 Å². The first-order chi connectivity index (χ1) is 15.3. The number of allylic oxidation sites excluding steroid dienone is 1. The second kappa shape index (κ2) is 10.1. The van der Waals surface area contributed by atoms with E-state index in [-0.39, 0.29) is 6.42 Å². The predicted molar refractivity (Wildman–Crippen MR) is 128 cm³/mol. The van der Waals surface area contributed by atoms with Crippen LogP contribution in [-0.4, -0.2) is 27.3 Å². The number of carbonyl (C=O) groups is 2. The second-order valence-electron chi connectivity index (χ2n) is 7.20. The van der Waals surface area contributed by atoms with E-state index in [2.05, 4.69) is 6.58 Å². The Bertz CT molecular complexity index is 1260. The highest BCUT2D eigenvalue weighted by atomic mass is 32.2. The summed E-state index contributed by atoms with van der Waals surface area (Å²) in [6.45, 7) is 3.61. The van der Waals surface area contributed by atoms with Crippen LogP contribution in [0.25, 0.3) is 16.8 Å². The minimum Gasteiger partial charge on any atom is -0.314 e. The number of sulfonamides is 1. The fraction of sp³-hybridized carbons (Fsp3) is 0.120. The van der Waals surface area contributed by atoms with Gasteiger partial charge in [-0.1, -0.05) is 72.8 Å². The number of fused-ring (bicyclic) bond motifs is 1. The molecule has 0 heterocycles. The van der Waals surface area contributed by atoms with Crippen molar-refractivity contribution in [3.63, 3.8) is 0 Å². The van der Waals surface area contributed by atoms with Crippen LogP contribution in [-0.2, 0) is 19.6 Å². The molecule has 0 aliphatic rings. The summed E-state index contributed by atoms with van der Waals surface area (Å²) in [4.78, 5) is 27.3. The van der Waals surface area contributed by atoms with Gasteiger partial charge in [0.25, 0.3) is 10.0 Å². The van der Waals surface area contributed by atoms with E-state index in [0.717, 1.165) is 16.2 Å². The third-order valence-electron chi connectivity index (χ3n) is 4.96. The number of anilines is 1. The van der Waals surface area contributed by atoms with Crippen molar-refractivity contribution < 1.29 is 18.0 Å². The van der Waals surface area contributed by atoms with Crippen molar-refractivity contribution in [2.24, 2.45) is 5.92 Å². The number of benzene rings is 3. The Hall–Kier alpha value is -3.71. The monoisotopic (exact) mass is 448 g/mol. The first kappa shape index (κ1) is 23.0. The van der Waals surface area contributed by atoms with Gasteiger partial charge in [0.05, 0.1) is 11.1 Å². The zero-order chi connectivity index (χ0) is 23.1. The molecule has 3 aromatic rings. The van der Waals surface area contributed by atoms with Crippen molar-refractivity contribution in [1.29, 1.82) is 0 Å². The lowest BCUT2D eigenvalue weighted by Gasteiger charge is -2.24. The Morgan fingerprint density at radius 2 is 1.66 bits per heavy atom. The minimum atomic E-state index is -4.09. The fourth-order valence-electron chi connectivity index (χ4n) is 3.32. The summed E-state index contributed by atoms with van der Waals surface area (Å²) in [5.74, 6) is -2.67. The first-order valence-electron chi connectivity index (χ1n) is 9.98. The minimum absolute atomic E-state index is 0.00229. The number of nitrogens with one attached hydrogen (secondary N) is 1. The van der Waals surface area contributed by atoms with Crippen LogP contribution in [0.3, 0.4) is 0 Å². The molecule has 0 saturated heterocycles. The summed E-state index contributed by atoms with van der Waals surface area (Å²) in [5.41, 5.74) is 1.29. The Morgan fingerprint density at radius 3 is 2.38 bits per heavy atom. The van der Waals surface area contributed by atoms with Crippen LogP contribution in [0.15, 0.2) is 90.9 Å². The van der Waals surface area contributed by atoms with E-state index in [1.54, 1.807) is 37.4 Å². The molecular formula is C25H24N2O4S. The van der Waals surface area contributed by atoms with E-state index in [1.165, 1.54) is 17.1 Å². The van der Waals surface area contributed by atoms with E-state index < -0.39 is 27.8 Å². The van der Waals surface area contributed by atoms with E-state index in [0.29, 0.717) is 11.3 Å². The average Bonchev–Trinajstić information content (AvgIpc) is 2.80. The number of hydrogen-bond donors (Lipinski definition) is 1. The van der Waals surface area contributed by atoms with Gasteiger partial charge < -0.3 is 4.90 Å². The van der Waals surface area contributed by atoms with Crippen LogP contribution in [0, 0.1) is 5.92 Å². The first-order valence-corrected chi connectivity index (χ1v) is 11.5. The van der Waals surface area contributed by atoms with E-state index in [9.17, 15) is 18.0 Å². The van der Waals surface area contributed by atoms with E-state index in [1.807, 2.05) is 47.2 Å². The maximum absolute atomic E-state index is 13.2. The number of amides is 2.